The molecule has 4 rings (SSSR count). The minimum atomic E-state index is -0.847. The molecular weight excluding hydrogens is 402 g/mol. The van der Waals surface area contributed by atoms with E-state index in [1.807, 2.05) is 12.3 Å². The van der Waals surface area contributed by atoms with E-state index in [1.54, 1.807) is 35.4 Å². The van der Waals surface area contributed by atoms with Crippen LogP contribution in [0.4, 0.5) is 0 Å². The van der Waals surface area contributed by atoms with Crippen LogP contribution in [0.25, 0.3) is 16.8 Å². The van der Waals surface area contributed by atoms with Crippen LogP contribution >= 0.6 is 15.9 Å². The zero-order chi connectivity index (χ0) is 18.3. The average Bonchev–Trinajstić information content (AvgIpc) is 3.29. The molecule has 1 saturated heterocycles. The molecule has 1 atom stereocenters. The summed E-state index contributed by atoms with van der Waals surface area (Å²) in [5.74, 6) is 0.509. The van der Waals surface area contributed by atoms with E-state index >= 15 is 0 Å². The Bertz CT molecular complexity index is 924. The summed E-state index contributed by atoms with van der Waals surface area (Å²) < 4.78 is 15.7. The summed E-state index contributed by atoms with van der Waals surface area (Å²) in [5.41, 5.74) is 1.53. The third kappa shape index (κ3) is 3.60. The summed E-state index contributed by atoms with van der Waals surface area (Å²) in [4.78, 5) is 4.35. The maximum atomic E-state index is 10.0. The van der Waals surface area contributed by atoms with Gasteiger partial charge in [-0.25, -0.2) is 9.50 Å². The molecule has 4 heterocycles. The normalized spacial score (nSPS) is 17.9. The molecule has 9 heteroatoms. The van der Waals surface area contributed by atoms with Gasteiger partial charge in [0.15, 0.2) is 5.65 Å². The first-order valence-electron chi connectivity index (χ1n) is 8.43. The Morgan fingerprint density at radius 3 is 3.00 bits per heavy atom. The smallest absolute Gasteiger partial charge is 0.240 e. The molecule has 1 unspecified atom stereocenters. The topological polar surface area (TPSA) is 86.7 Å². The van der Waals surface area contributed by atoms with Gasteiger partial charge < -0.3 is 14.6 Å². The van der Waals surface area contributed by atoms with Crippen molar-refractivity contribution in [2.45, 2.75) is 38.5 Å². The van der Waals surface area contributed by atoms with Crippen LogP contribution in [-0.2, 0) is 11.3 Å². The molecule has 0 saturated carbocycles. The van der Waals surface area contributed by atoms with E-state index < -0.39 is 5.60 Å². The van der Waals surface area contributed by atoms with Crippen LogP contribution in [0.2, 0.25) is 0 Å². The van der Waals surface area contributed by atoms with Gasteiger partial charge in [-0.2, -0.15) is 5.10 Å². The standard InChI is InChI=1S/C17H20BrN5O3/c1-17(2,24)10-22-8-11(6-20-22)13-5-15-19-7-14(18)23(15)21-16(13)26-12-3-4-25-9-12/h5-8,12,24H,3-4,9-10H2,1-2H3. The number of hydrogen-bond donors (Lipinski definition) is 1. The predicted molar refractivity (Wildman–Crippen MR) is 98.1 cm³/mol. The van der Waals surface area contributed by atoms with Gasteiger partial charge in [0.2, 0.25) is 5.88 Å². The number of hydrogen-bond acceptors (Lipinski definition) is 6. The van der Waals surface area contributed by atoms with Gasteiger partial charge in [-0.3, -0.25) is 4.68 Å². The third-order valence-electron chi connectivity index (χ3n) is 4.08. The summed E-state index contributed by atoms with van der Waals surface area (Å²) in [5, 5.41) is 19.0. The summed E-state index contributed by atoms with van der Waals surface area (Å²) in [6.07, 6.45) is 6.14. The fraction of sp³-hybridized carbons (Fsp3) is 0.471. The fourth-order valence-corrected chi connectivity index (χ4v) is 3.28. The largest absolute Gasteiger partial charge is 0.470 e. The monoisotopic (exact) mass is 421 g/mol. The van der Waals surface area contributed by atoms with Gasteiger partial charge in [0.1, 0.15) is 10.7 Å². The maximum absolute atomic E-state index is 10.0. The Labute approximate surface area is 158 Å². The van der Waals surface area contributed by atoms with Crippen molar-refractivity contribution >= 4 is 21.6 Å². The molecule has 0 aromatic carbocycles. The van der Waals surface area contributed by atoms with Crippen LogP contribution < -0.4 is 4.74 Å². The maximum Gasteiger partial charge on any atom is 0.240 e. The van der Waals surface area contributed by atoms with Crippen molar-refractivity contribution in [3.05, 3.63) is 29.3 Å². The third-order valence-corrected chi connectivity index (χ3v) is 4.62. The van der Waals surface area contributed by atoms with E-state index in [4.69, 9.17) is 9.47 Å². The highest BCUT2D eigenvalue weighted by Gasteiger charge is 2.22. The van der Waals surface area contributed by atoms with Gasteiger partial charge in [0.05, 0.1) is 43.3 Å². The highest BCUT2D eigenvalue weighted by Crippen LogP contribution is 2.31. The first-order valence-corrected chi connectivity index (χ1v) is 9.22. The molecule has 1 aliphatic heterocycles. The van der Waals surface area contributed by atoms with Gasteiger partial charge >= 0.3 is 0 Å². The second-order valence-electron chi connectivity index (χ2n) is 7.06. The number of rotatable bonds is 5. The molecule has 8 nitrogen and oxygen atoms in total. The van der Waals surface area contributed by atoms with Crippen LogP contribution in [0.3, 0.4) is 0 Å². The van der Waals surface area contributed by atoms with Gasteiger partial charge in [-0.15, -0.1) is 5.10 Å². The number of halogens is 1. The molecule has 138 valence electrons. The number of ether oxygens (including phenoxy) is 2. The van der Waals surface area contributed by atoms with E-state index in [0.717, 1.165) is 22.2 Å². The number of aromatic nitrogens is 5. The van der Waals surface area contributed by atoms with Crippen LogP contribution in [-0.4, -0.2) is 54.4 Å². The van der Waals surface area contributed by atoms with Crippen LogP contribution in [0, 0.1) is 0 Å². The molecule has 3 aromatic heterocycles. The number of fused-ring (bicyclic) bond motifs is 1. The molecule has 0 radical (unpaired) electrons. The zero-order valence-electron chi connectivity index (χ0n) is 14.6. The molecule has 1 fully saturated rings. The minimum absolute atomic E-state index is 0.0209. The lowest BCUT2D eigenvalue weighted by atomic mass is 10.1. The van der Waals surface area contributed by atoms with E-state index in [9.17, 15) is 5.11 Å². The fourth-order valence-electron chi connectivity index (χ4n) is 2.91. The molecule has 0 bridgehead atoms. The van der Waals surface area contributed by atoms with Crippen molar-refractivity contribution in [2.75, 3.05) is 13.2 Å². The second kappa shape index (κ2) is 6.64. The lowest BCUT2D eigenvalue weighted by molar-refractivity contribution is 0.0577. The van der Waals surface area contributed by atoms with Crippen molar-refractivity contribution in [3.63, 3.8) is 0 Å². The SMILES string of the molecule is CC(C)(O)Cn1cc(-c2cc3ncc(Br)n3nc2OC2CCOC2)cn1. The lowest BCUT2D eigenvalue weighted by Gasteiger charge is -2.16. The Balaban J connectivity index is 1.74. The molecule has 26 heavy (non-hydrogen) atoms. The van der Waals surface area contributed by atoms with Crippen molar-refractivity contribution in [2.24, 2.45) is 0 Å². The van der Waals surface area contributed by atoms with Crippen LogP contribution in [0.5, 0.6) is 5.88 Å². The summed E-state index contributed by atoms with van der Waals surface area (Å²) in [7, 11) is 0. The quantitative estimate of drug-likeness (QED) is 0.679. The molecular formula is C17H20BrN5O3. The summed E-state index contributed by atoms with van der Waals surface area (Å²) in [6.45, 7) is 5.14. The van der Waals surface area contributed by atoms with Gasteiger partial charge in [-0.1, -0.05) is 0 Å². The Hall–Kier alpha value is -1.97. The van der Waals surface area contributed by atoms with Crippen LogP contribution in [0.15, 0.2) is 29.3 Å². The first kappa shape index (κ1) is 17.4. The van der Waals surface area contributed by atoms with Crippen molar-refractivity contribution in [3.8, 4) is 17.0 Å². The van der Waals surface area contributed by atoms with Gasteiger partial charge in [0, 0.05) is 18.2 Å². The van der Waals surface area contributed by atoms with E-state index in [0.29, 0.717) is 31.3 Å². The molecule has 0 spiro atoms. The highest BCUT2D eigenvalue weighted by atomic mass is 79.9. The average molecular weight is 422 g/mol. The summed E-state index contributed by atoms with van der Waals surface area (Å²) in [6, 6.07) is 1.92. The van der Waals surface area contributed by atoms with Gasteiger partial charge in [0.25, 0.3) is 0 Å². The minimum Gasteiger partial charge on any atom is -0.470 e. The number of imidazole rings is 1. The zero-order valence-corrected chi connectivity index (χ0v) is 16.2. The lowest BCUT2D eigenvalue weighted by Crippen LogP contribution is -2.26. The van der Waals surface area contributed by atoms with Crippen LogP contribution in [0.1, 0.15) is 20.3 Å². The second-order valence-corrected chi connectivity index (χ2v) is 7.87. The van der Waals surface area contributed by atoms with E-state index in [2.05, 4.69) is 31.1 Å². The predicted octanol–water partition coefficient (Wildman–Crippen LogP) is 2.29. The van der Waals surface area contributed by atoms with E-state index in [1.165, 1.54) is 0 Å². The van der Waals surface area contributed by atoms with Crippen molar-refractivity contribution in [1.29, 1.82) is 0 Å². The Kier molecular flexibility index (Phi) is 4.45. The number of nitrogens with zero attached hydrogens (tertiary/aromatic N) is 5. The first-order chi connectivity index (χ1) is 12.4. The molecule has 0 amide bonds. The van der Waals surface area contributed by atoms with Crippen molar-refractivity contribution < 1.29 is 14.6 Å². The summed E-state index contributed by atoms with van der Waals surface area (Å²) >= 11 is 3.45. The van der Waals surface area contributed by atoms with Crippen molar-refractivity contribution in [1.82, 2.24) is 24.4 Å². The molecule has 3 aromatic rings. The number of aliphatic hydroxyl groups is 1. The molecule has 0 aliphatic carbocycles. The molecule has 1 N–H and O–H groups in total. The molecule has 1 aliphatic rings. The van der Waals surface area contributed by atoms with E-state index in [-0.39, 0.29) is 6.10 Å². The Morgan fingerprint density at radius 2 is 2.27 bits per heavy atom. The van der Waals surface area contributed by atoms with Gasteiger partial charge in [-0.05, 0) is 35.8 Å². The Morgan fingerprint density at radius 1 is 1.42 bits per heavy atom. The highest BCUT2D eigenvalue weighted by molar-refractivity contribution is 9.10.